The van der Waals surface area contributed by atoms with E-state index in [0.717, 1.165) is 45.5 Å². The summed E-state index contributed by atoms with van der Waals surface area (Å²) in [6.07, 6.45) is 12.1. The molecular weight excluding hydrogens is 288 g/mol. The first-order valence-corrected chi connectivity index (χ1v) is 9.14. The van der Waals surface area contributed by atoms with Crippen molar-refractivity contribution in [2.24, 2.45) is 0 Å². The zero-order valence-corrected chi connectivity index (χ0v) is 16.0. The molecule has 0 saturated heterocycles. The first kappa shape index (κ1) is 22.0. The lowest BCUT2D eigenvalue weighted by atomic mass is 10.2. The third kappa shape index (κ3) is 19.0. The van der Waals surface area contributed by atoms with E-state index in [9.17, 15) is 0 Å². The molecule has 0 fully saturated rings. The molecule has 0 amide bonds. The third-order valence-electron chi connectivity index (χ3n) is 3.31. The molecule has 0 aliphatic heterocycles. The van der Waals surface area contributed by atoms with E-state index in [1.807, 2.05) is 26.4 Å². The van der Waals surface area contributed by atoms with Crippen LogP contribution in [0, 0.1) is 0 Å². The van der Waals surface area contributed by atoms with E-state index >= 15 is 0 Å². The fraction of sp³-hybridized carbons (Fsp3) is 0.800. The summed E-state index contributed by atoms with van der Waals surface area (Å²) in [5.74, 6) is 0. The van der Waals surface area contributed by atoms with Crippen LogP contribution < -0.4 is 0 Å². The Bertz CT molecular complexity index is 313. The number of ether oxygens (including phenoxy) is 3. The van der Waals surface area contributed by atoms with Crippen molar-refractivity contribution in [2.45, 2.75) is 85.7 Å². The topological polar surface area (TPSA) is 27.7 Å². The third-order valence-corrected chi connectivity index (χ3v) is 3.31. The van der Waals surface area contributed by atoms with E-state index in [-0.39, 0.29) is 0 Å². The van der Waals surface area contributed by atoms with E-state index in [2.05, 4.69) is 20.8 Å². The van der Waals surface area contributed by atoms with Gasteiger partial charge in [0.2, 0.25) is 0 Å². The fourth-order valence-electron chi connectivity index (χ4n) is 2.03. The molecule has 0 rings (SSSR count). The molecule has 0 spiro atoms. The molecule has 0 N–H and O–H groups in total. The molecule has 0 aliphatic carbocycles. The molecule has 0 bridgehead atoms. The van der Waals surface area contributed by atoms with Gasteiger partial charge < -0.3 is 14.2 Å². The van der Waals surface area contributed by atoms with Gasteiger partial charge in [-0.25, -0.2) is 0 Å². The lowest BCUT2D eigenvalue weighted by Gasteiger charge is -2.11. The van der Waals surface area contributed by atoms with Gasteiger partial charge in [0.1, 0.15) is 0 Å². The zero-order valence-electron chi connectivity index (χ0n) is 16.0. The second kappa shape index (κ2) is 15.9. The van der Waals surface area contributed by atoms with Gasteiger partial charge >= 0.3 is 0 Å². The van der Waals surface area contributed by atoms with Crippen LogP contribution in [0.3, 0.4) is 0 Å². The molecule has 0 aliphatic rings. The van der Waals surface area contributed by atoms with Crippen LogP contribution in [-0.2, 0) is 14.2 Å². The van der Waals surface area contributed by atoms with Gasteiger partial charge in [0.15, 0.2) is 0 Å². The SMILES string of the molecule is CC(C)=COCCCCCCOCCCCC(C)OC=C(C)C. The van der Waals surface area contributed by atoms with Crippen molar-refractivity contribution >= 4 is 0 Å². The van der Waals surface area contributed by atoms with Crippen LogP contribution in [0.2, 0.25) is 0 Å². The lowest BCUT2D eigenvalue weighted by molar-refractivity contribution is 0.114. The van der Waals surface area contributed by atoms with Gasteiger partial charge in [-0.1, -0.05) is 6.42 Å². The Labute approximate surface area is 144 Å². The Balaban J connectivity index is 3.19. The van der Waals surface area contributed by atoms with E-state index in [0.29, 0.717) is 6.10 Å². The van der Waals surface area contributed by atoms with Gasteiger partial charge in [-0.05, 0) is 84.3 Å². The number of hydrogen-bond donors (Lipinski definition) is 0. The van der Waals surface area contributed by atoms with E-state index in [1.165, 1.54) is 30.4 Å². The Morgan fingerprint density at radius 1 is 0.739 bits per heavy atom. The van der Waals surface area contributed by atoms with Crippen molar-refractivity contribution in [3.8, 4) is 0 Å². The highest BCUT2D eigenvalue weighted by Gasteiger charge is 2.00. The first-order valence-electron chi connectivity index (χ1n) is 9.14. The molecular formula is C20H38O3. The minimum Gasteiger partial charge on any atom is -0.501 e. The molecule has 3 nitrogen and oxygen atoms in total. The molecule has 0 heterocycles. The maximum atomic E-state index is 5.68. The van der Waals surface area contributed by atoms with E-state index < -0.39 is 0 Å². The van der Waals surface area contributed by atoms with E-state index in [4.69, 9.17) is 14.2 Å². The maximum Gasteiger partial charge on any atom is 0.0950 e. The highest BCUT2D eigenvalue weighted by Crippen LogP contribution is 2.07. The van der Waals surface area contributed by atoms with Crippen LogP contribution in [0.25, 0.3) is 0 Å². The van der Waals surface area contributed by atoms with Crippen molar-refractivity contribution in [1.82, 2.24) is 0 Å². The van der Waals surface area contributed by atoms with Crippen molar-refractivity contribution in [1.29, 1.82) is 0 Å². The number of unbranched alkanes of at least 4 members (excludes halogenated alkanes) is 4. The predicted octanol–water partition coefficient (Wildman–Crippen LogP) is 6.00. The van der Waals surface area contributed by atoms with Crippen LogP contribution in [0.15, 0.2) is 23.7 Å². The summed E-state index contributed by atoms with van der Waals surface area (Å²) < 4.78 is 16.7. The molecule has 0 aromatic rings. The summed E-state index contributed by atoms with van der Waals surface area (Å²) in [6, 6.07) is 0. The van der Waals surface area contributed by atoms with Crippen LogP contribution in [0.4, 0.5) is 0 Å². The van der Waals surface area contributed by atoms with Gasteiger partial charge in [0.05, 0.1) is 25.2 Å². The van der Waals surface area contributed by atoms with Crippen molar-refractivity contribution < 1.29 is 14.2 Å². The molecule has 0 aromatic heterocycles. The largest absolute Gasteiger partial charge is 0.501 e. The average molecular weight is 327 g/mol. The molecule has 1 atom stereocenters. The Morgan fingerprint density at radius 3 is 1.91 bits per heavy atom. The molecule has 0 radical (unpaired) electrons. The predicted molar refractivity (Wildman–Crippen MR) is 98.5 cm³/mol. The molecule has 1 unspecified atom stereocenters. The molecule has 23 heavy (non-hydrogen) atoms. The highest BCUT2D eigenvalue weighted by atomic mass is 16.5. The summed E-state index contributed by atoms with van der Waals surface area (Å²) in [7, 11) is 0. The fourth-order valence-corrected chi connectivity index (χ4v) is 2.03. The van der Waals surface area contributed by atoms with Gasteiger partial charge in [0.25, 0.3) is 0 Å². The molecule has 0 aromatic carbocycles. The standard InChI is InChI=1S/C20H38O3/c1-18(2)16-22-15-10-7-6-9-13-21-14-11-8-12-20(5)23-17-19(3)4/h16-17,20H,6-15H2,1-5H3. The van der Waals surface area contributed by atoms with Crippen LogP contribution in [-0.4, -0.2) is 25.9 Å². The van der Waals surface area contributed by atoms with Gasteiger partial charge in [0, 0.05) is 13.2 Å². The van der Waals surface area contributed by atoms with Crippen LogP contribution in [0.1, 0.15) is 79.6 Å². The average Bonchev–Trinajstić information content (AvgIpc) is 2.49. The van der Waals surface area contributed by atoms with Crippen molar-refractivity contribution in [3.05, 3.63) is 23.7 Å². The molecule has 3 heteroatoms. The van der Waals surface area contributed by atoms with Crippen LogP contribution in [0.5, 0.6) is 0 Å². The monoisotopic (exact) mass is 326 g/mol. The Morgan fingerprint density at radius 2 is 1.30 bits per heavy atom. The van der Waals surface area contributed by atoms with Crippen LogP contribution >= 0.6 is 0 Å². The minimum absolute atomic E-state index is 0.304. The zero-order chi connectivity index (χ0) is 17.3. The normalized spacial score (nSPS) is 11.7. The summed E-state index contributed by atoms with van der Waals surface area (Å²) in [5, 5.41) is 0. The summed E-state index contributed by atoms with van der Waals surface area (Å²) >= 11 is 0. The van der Waals surface area contributed by atoms with Crippen molar-refractivity contribution in [3.63, 3.8) is 0 Å². The summed E-state index contributed by atoms with van der Waals surface area (Å²) in [4.78, 5) is 0. The maximum absolute atomic E-state index is 5.68. The number of rotatable bonds is 15. The summed E-state index contributed by atoms with van der Waals surface area (Å²) in [6.45, 7) is 12.9. The van der Waals surface area contributed by atoms with E-state index in [1.54, 1.807) is 0 Å². The van der Waals surface area contributed by atoms with Gasteiger partial charge in [-0.2, -0.15) is 0 Å². The number of allylic oxidation sites excluding steroid dienone is 2. The number of hydrogen-bond acceptors (Lipinski definition) is 3. The second-order valence-electron chi connectivity index (χ2n) is 6.73. The minimum atomic E-state index is 0.304. The van der Waals surface area contributed by atoms with Crippen molar-refractivity contribution in [2.75, 3.05) is 19.8 Å². The summed E-state index contributed by atoms with van der Waals surface area (Å²) in [5.41, 5.74) is 2.43. The molecule has 0 saturated carbocycles. The Kier molecular flexibility index (Phi) is 15.3. The van der Waals surface area contributed by atoms with Gasteiger partial charge in [-0.15, -0.1) is 0 Å². The van der Waals surface area contributed by atoms with Gasteiger partial charge in [-0.3, -0.25) is 0 Å². The second-order valence-corrected chi connectivity index (χ2v) is 6.73. The molecule has 136 valence electrons. The Hall–Kier alpha value is -0.960. The highest BCUT2D eigenvalue weighted by molar-refractivity contribution is 4.87. The smallest absolute Gasteiger partial charge is 0.0950 e. The quantitative estimate of drug-likeness (QED) is 0.273. The first-order chi connectivity index (χ1) is 11.0. The lowest BCUT2D eigenvalue weighted by Crippen LogP contribution is -2.05.